The zero-order chi connectivity index (χ0) is 11.7. The number of carbonyl (C=O) groups is 1. The Morgan fingerprint density at radius 3 is 2.20 bits per heavy atom. The molecule has 0 bridgehead atoms. The molecule has 15 heavy (non-hydrogen) atoms. The number of hydrogen-bond acceptors (Lipinski definition) is 4. The molecule has 0 aromatic rings. The number of rotatable bonds is 1. The van der Waals surface area contributed by atoms with Crippen molar-refractivity contribution in [2.75, 3.05) is 6.67 Å². The molecule has 1 rings (SSSR count). The molecule has 2 atom stereocenters. The maximum Gasteiger partial charge on any atom is 0.237 e. The molecule has 1 aliphatic rings. The highest BCUT2D eigenvalue weighted by Crippen LogP contribution is 2.05. The molecule has 1 aliphatic heterocycles. The lowest BCUT2D eigenvalue weighted by atomic mass is 10.2. The van der Waals surface area contributed by atoms with E-state index < -0.39 is 12.7 Å². The number of nitrogens with two attached hydrogens (primary N) is 1. The topological polar surface area (TPSA) is 55.1 Å². The smallest absolute Gasteiger partial charge is 0.237 e. The highest BCUT2D eigenvalue weighted by Gasteiger charge is 2.28. The number of hydrogen-bond donors (Lipinski definition) is 2. The molecule has 1 fully saturated rings. The zero-order valence-corrected chi connectivity index (χ0v) is 12.3. The van der Waals surface area contributed by atoms with E-state index in [0.29, 0.717) is 6.42 Å². The fourth-order valence-electron chi connectivity index (χ4n) is 0.905. The molecule has 0 aliphatic carbocycles. The number of nitrogens with one attached hydrogen (secondary N) is 1. The average Bonchev–Trinajstić information content (AvgIpc) is 2.56. The minimum absolute atomic E-state index is 0.238. The van der Waals surface area contributed by atoms with Crippen LogP contribution in [0.15, 0.2) is 0 Å². The normalized spacial score (nSPS) is 23.2. The number of amides is 1. The average molecular weight is 325 g/mol. The van der Waals surface area contributed by atoms with E-state index in [0.717, 1.165) is 0 Å². The first-order valence-corrected chi connectivity index (χ1v) is 10.4. The van der Waals surface area contributed by atoms with Gasteiger partial charge in [0.05, 0.1) is 12.1 Å². The predicted molar refractivity (Wildman–Crippen MR) is 74.7 cm³/mol. The molecule has 1 saturated heterocycles. The Kier molecular flexibility index (Phi) is 10.3. The van der Waals surface area contributed by atoms with Gasteiger partial charge in [-0.25, -0.2) is 4.39 Å². The Bertz CT molecular complexity index is 346. The second-order valence-electron chi connectivity index (χ2n) is 2.47. The highest BCUT2D eigenvalue weighted by molar-refractivity contribution is 8.64. The van der Waals surface area contributed by atoms with Crippen LogP contribution >= 0.6 is 0 Å². The SMILES string of the molecule is N[C@H]1C[C@@H](CF)NC1=O.S=S=S=S=S=S. The van der Waals surface area contributed by atoms with Crippen LogP contribution in [0.5, 0.6) is 0 Å². The lowest BCUT2D eigenvalue weighted by Crippen LogP contribution is -2.31. The molecular weight excluding hydrogens is 315 g/mol. The van der Waals surface area contributed by atoms with Gasteiger partial charge in [-0.05, 0) is 6.42 Å². The first kappa shape index (κ1) is 15.7. The second kappa shape index (κ2) is 9.87. The van der Waals surface area contributed by atoms with E-state index in [4.69, 9.17) is 5.73 Å². The van der Waals surface area contributed by atoms with Crippen molar-refractivity contribution in [3.63, 3.8) is 0 Å². The molecule has 0 aromatic heterocycles. The van der Waals surface area contributed by atoms with Gasteiger partial charge < -0.3 is 11.1 Å². The second-order valence-corrected chi connectivity index (χ2v) is 9.55. The zero-order valence-electron chi connectivity index (χ0n) is 7.38. The van der Waals surface area contributed by atoms with Crippen LogP contribution in [0.1, 0.15) is 6.42 Å². The summed E-state index contributed by atoms with van der Waals surface area (Å²) in [6, 6.07) is -0.835. The third-order valence-corrected chi connectivity index (χ3v) is 8.16. The van der Waals surface area contributed by atoms with E-state index in [2.05, 4.69) is 27.7 Å². The maximum absolute atomic E-state index is 11.8. The Morgan fingerprint density at radius 1 is 1.47 bits per heavy atom. The van der Waals surface area contributed by atoms with Crippen molar-refractivity contribution in [2.45, 2.75) is 18.5 Å². The van der Waals surface area contributed by atoms with E-state index >= 15 is 0 Å². The molecular formula is C5H9FN2OS6. The number of alkyl halides is 1. The lowest BCUT2D eigenvalue weighted by molar-refractivity contribution is -0.120. The van der Waals surface area contributed by atoms with Gasteiger partial charge in [0, 0.05) is 57.9 Å². The summed E-state index contributed by atoms with van der Waals surface area (Å²) in [5.74, 6) is -0.238. The quantitative estimate of drug-likeness (QED) is 0.660. The third-order valence-electron chi connectivity index (χ3n) is 1.49. The highest BCUT2D eigenvalue weighted by atomic mass is 33.3. The van der Waals surface area contributed by atoms with Crippen LogP contribution in [0, 0.1) is 0 Å². The number of halogens is 1. The Labute approximate surface area is 108 Å². The van der Waals surface area contributed by atoms with Gasteiger partial charge in [-0.2, -0.15) is 0 Å². The molecule has 3 N–H and O–H groups in total. The summed E-state index contributed by atoms with van der Waals surface area (Å²) in [6.45, 7) is -0.514. The van der Waals surface area contributed by atoms with Gasteiger partial charge >= 0.3 is 0 Å². The number of carbonyl (C=O) groups excluding carboxylic acids is 1. The van der Waals surface area contributed by atoms with Gasteiger partial charge in [-0.3, -0.25) is 4.79 Å². The third kappa shape index (κ3) is 7.55. The standard InChI is InChI=1S/C5H9FN2O.S6/c6-2-3-1-4(7)5(9)8-3;1-3-5-6-4-2/h3-4H,1-2,7H2,(H,8,9);/t3-,4-;/m0./s1. The van der Waals surface area contributed by atoms with Crippen LogP contribution in [0.3, 0.4) is 0 Å². The van der Waals surface area contributed by atoms with Gasteiger partial charge in [-0.15, -0.1) is 0 Å². The fraction of sp³-hybridized carbons (Fsp3) is 0.800. The van der Waals surface area contributed by atoms with Crippen LogP contribution in [-0.4, -0.2) is 24.7 Å². The van der Waals surface area contributed by atoms with E-state index in [1.165, 1.54) is 35.5 Å². The Morgan fingerprint density at radius 2 is 2.00 bits per heavy atom. The van der Waals surface area contributed by atoms with E-state index in [1.807, 2.05) is 0 Å². The van der Waals surface area contributed by atoms with Crippen LogP contribution in [-0.2, 0) is 62.7 Å². The van der Waals surface area contributed by atoms with E-state index in [9.17, 15) is 9.18 Å². The summed E-state index contributed by atoms with van der Waals surface area (Å²) in [6.07, 6.45) is 0.426. The van der Waals surface area contributed by atoms with Crippen molar-refractivity contribution in [1.82, 2.24) is 5.32 Å². The van der Waals surface area contributed by atoms with Gasteiger partial charge in [0.15, 0.2) is 0 Å². The van der Waals surface area contributed by atoms with Crippen molar-refractivity contribution in [2.24, 2.45) is 5.73 Å². The van der Waals surface area contributed by atoms with Crippen LogP contribution in [0.4, 0.5) is 4.39 Å². The summed E-state index contributed by atoms with van der Waals surface area (Å²) in [4.78, 5) is 10.5. The largest absolute Gasteiger partial charge is 0.349 e. The summed E-state index contributed by atoms with van der Waals surface area (Å²) >= 11 is 9.03. The molecule has 0 aromatic carbocycles. The first-order valence-electron chi connectivity index (χ1n) is 3.69. The molecule has 3 nitrogen and oxygen atoms in total. The Hall–Kier alpha value is 0.680. The maximum atomic E-state index is 11.8. The minimum Gasteiger partial charge on any atom is -0.349 e. The van der Waals surface area contributed by atoms with Crippen LogP contribution < -0.4 is 11.1 Å². The van der Waals surface area contributed by atoms with Crippen LogP contribution in [0.2, 0.25) is 0 Å². The van der Waals surface area contributed by atoms with Crippen molar-refractivity contribution >= 4 is 63.8 Å². The molecule has 0 spiro atoms. The van der Waals surface area contributed by atoms with Crippen molar-refractivity contribution in [1.29, 1.82) is 0 Å². The summed E-state index contributed by atoms with van der Waals surface area (Å²) in [7, 11) is 5.63. The van der Waals surface area contributed by atoms with Gasteiger partial charge in [0.25, 0.3) is 0 Å². The molecule has 1 amide bonds. The fourth-order valence-corrected chi connectivity index (χ4v) is 6.39. The van der Waals surface area contributed by atoms with Crippen molar-refractivity contribution < 1.29 is 9.18 Å². The van der Waals surface area contributed by atoms with E-state index in [1.54, 1.807) is 0 Å². The molecule has 88 valence electrons. The summed E-state index contributed by atoms with van der Waals surface area (Å²) in [5, 5.41) is 2.41. The van der Waals surface area contributed by atoms with Crippen molar-refractivity contribution in [3.05, 3.63) is 0 Å². The lowest BCUT2D eigenvalue weighted by Gasteiger charge is -1.99. The first-order chi connectivity index (χ1) is 7.15. The molecule has 10 heteroatoms. The molecule has 0 saturated carbocycles. The summed E-state index contributed by atoms with van der Waals surface area (Å²) in [5.41, 5.74) is 5.27. The predicted octanol–water partition coefficient (Wildman–Crippen LogP) is -0.843. The minimum atomic E-state index is -0.514. The Balaban J connectivity index is 0.000000288. The van der Waals surface area contributed by atoms with E-state index in [-0.39, 0.29) is 11.9 Å². The summed E-state index contributed by atoms with van der Waals surface area (Å²) < 4.78 is 11.8. The van der Waals surface area contributed by atoms with Gasteiger partial charge in [-0.1, -0.05) is 0 Å². The molecule has 0 radical (unpaired) electrons. The van der Waals surface area contributed by atoms with Crippen LogP contribution in [0.25, 0.3) is 0 Å². The monoisotopic (exact) mass is 324 g/mol. The van der Waals surface area contributed by atoms with Gasteiger partial charge in [0.1, 0.15) is 6.67 Å². The molecule has 0 unspecified atom stereocenters. The van der Waals surface area contributed by atoms with Crippen molar-refractivity contribution in [3.8, 4) is 0 Å². The molecule has 1 heterocycles. The van der Waals surface area contributed by atoms with Gasteiger partial charge in [0.2, 0.25) is 5.91 Å².